The van der Waals surface area contributed by atoms with Gasteiger partial charge >= 0.3 is 5.97 Å². The Labute approximate surface area is 345 Å². The summed E-state index contributed by atoms with van der Waals surface area (Å²) in [4.78, 5) is 123. The number of aliphatic carboxylic acids is 1. The molecule has 6 aromatic heterocycles. The lowest BCUT2D eigenvalue weighted by atomic mass is 10.0. The predicted molar refractivity (Wildman–Crippen MR) is 209 cm³/mol. The molecule has 6 aromatic rings. The molecule has 0 radical (unpaired) electrons. The van der Waals surface area contributed by atoms with E-state index in [1.807, 2.05) is 0 Å². The van der Waals surface area contributed by atoms with E-state index in [0.717, 1.165) is 0 Å². The van der Waals surface area contributed by atoms with Gasteiger partial charge in [-0.25, -0.2) is 34.7 Å². The molecule has 6 rings (SSSR count). The molecule has 0 saturated heterocycles. The van der Waals surface area contributed by atoms with Crippen LogP contribution in [0.15, 0.2) is 75.1 Å². The van der Waals surface area contributed by atoms with E-state index in [2.05, 4.69) is 86.4 Å². The first-order chi connectivity index (χ1) is 29.5. The SMILES string of the molecule is NC(Cc1c[nH]cn1)C(=O)NC(Cc1c[nH]cn1)C(=O)NC(Cc1c[nH]cn1)C(=O)NC(Cc1c[nH]cn1)C(=O)NC(Cc1c[nH]cn1)C(=O)NC(Cc1c[nH]cn1)C(=O)O. The van der Waals surface area contributed by atoms with E-state index in [9.17, 15) is 33.9 Å². The van der Waals surface area contributed by atoms with Gasteiger partial charge < -0.3 is 67.3 Å². The first-order valence-electron chi connectivity index (χ1n) is 18.9. The van der Waals surface area contributed by atoms with Crippen molar-refractivity contribution in [3.05, 3.63) is 109 Å². The second-order valence-electron chi connectivity index (χ2n) is 13.8. The third kappa shape index (κ3) is 12.5. The van der Waals surface area contributed by atoms with Crippen molar-refractivity contribution in [2.45, 2.75) is 74.8 Å². The third-order valence-corrected chi connectivity index (χ3v) is 9.31. The van der Waals surface area contributed by atoms with Crippen LogP contribution in [0.3, 0.4) is 0 Å². The van der Waals surface area contributed by atoms with Gasteiger partial charge in [-0.15, -0.1) is 0 Å². The molecule has 0 spiro atoms. The minimum Gasteiger partial charge on any atom is -0.480 e. The summed E-state index contributed by atoms with van der Waals surface area (Å²) in [6, 6.07) is -7.89. The van der Waals surface area contributed by atoms with E-state index in [1.165, 1.54) is 62.8 Å². The Balaban J connectivity index is 1.21. The van der Waals surface area contributed by atoms with Gasteiger partial charge in [-0.2, -0.15) is 0 Å². The molecule has 5 amide bonds. The van der Waals surface area contributed by atoms with Crippen LogP contribution in [0.2, 0.25) is 0 Å². The van der Waals surface area contributed by atoms with Crippen molar-refractivity contribution in [1.29, 1.82) is 0 Å². The molecule has 14 N–H and O–H groups in total. The lowest BCUT2D eigenvalue weighted by Crippen LogP contribution is -2.60. The first-order valence-corrected chi connectivity index (χ1v) is 18.9. The van der Waals surface area contributed by atoms with Gasteiger partial charge in [-0.1, -0.05) is 0 Å². The van der Waals surface area contributed by atoms with E-state index >= 15 is 0 Å². The molecule has 0 saturated carbocycles. The number of aromatic nitrogens is 12. The molecule has 0 aromatic carbocycles. The van der Waals surface area contributed by atoms with Crippen molar-refractivity contribution in [2.75, 3.05) is 0 Å². The van der Waals surface area contributed by atoms with Gasteiger partial charge in [-0.05, 0) is 0 Å². The molecular weight excluding hydrogens is 797 g/mol. The highest BCUT2D eigenvalue weighted by molar-refractivity contribution is 5.96. The lowest BCUT2D eigenvalue weighted by molar-refractivity contribution is -0.142. The summed E-state index contributed by atoms with van der Waals surface area (Å²) in [6.45, 7) is 0. The molecule has 6 atom stereocenters. The number of carboxylic acids is 1. The topological polar surface area (TPSA) is 381 Å². The van der Waals surface area contributed by atoms with Gasteiger partial charge in [0.2, 0.25) is 29.5 Å². The molecule has 0 bridgehead atoms. The van der Waals surface area contributed by atoms with Crippen LogP contribution in [0.5, 0.6) is 0 Å². The van der Waals surface area contributed by atoms with E-state index in [-0.39, 0.29) is 38.5 Å². The maximum Gasteiger partial charge on any atom is 0.326 e. The van der Waals surface area contributed by atoms with E-state index in [0.29, 0.717) is 34.2 Å². The Morgan fingerprint density at radius 1 is 0.410 bits per heavy atom. The van der Waals surface area contributed by atoms with Crippen LogP contribution in [0.25, 0.3) is 0 Å². The maximum absolute atomic E-state index is 14.3. The highest BCUT2D eigenvalue weighted by atomic mass is 16.4. The first kappa shape index (κ1) is 42.6. The normalized spacial score (nSPS) is 14.1. The Morgan fingerprint density at radius 3 is 0.885 bits per heavy atom. The molecule has 320 valence electrons. The zero-order valence-corrected chi connectivity index (χ0v) is 32.3. The molecule has 0 fully saturated rings. The fraction of sp³-hybridized carbons (Fsp3) is 0.333. The number of amides is 5. The van der Waals surface area contributed by atoms with Crippen LogP contribution < -0.4 is 32.3 Å². The largest absolute Gasteiger partial charge is 0.480 e. The summed E-state index contributed by atoms with van der Waals surface area (Å²) >= 11 is 0. The Morgan fingerprint density at radius 2 is 0.639 bits per heavy atom. The second-order valence-corrected chi connectivity index (χ2v) is 13.8. The lowest BCUT2D eigenvalue weighted by Gasteiger charge is -2.26. The minimum atomic E-state index is -1.41. The summed E-state index contributed by atoms with van der Waals surface area (Å²) in [6.07, 6.45) is 16.9. The summed E-state index contributed by atoms with van der Waals surface area (Å²) in [7, 11) is 0. The number of nitrogens with one attached hydrogen (secondary N) is 11. The van der Waals surface area contributed by atoms with Crippen molar-refractivity contribution < 1.29 is 33.9 Å². The molecule has 0 aliphatic rings. The number of H-pyrrole nitrogens is 6. The van der Waals surface area contributed by atoms with E-state index < -0.39 is 71.8 Å². The number of nitrogens with zero attached hydrogens (tertiary/aromatic N) is 6. The number of carbonyl (C=O) groups excluding carboxylic acids is 5. The average Bonchev–Trinajstić information content (AvgIpc) is 4.08. The second kappa shape index (κ2) is 20.6. The van der Waals surface area contributed by atoms with Crippen LogP contribution in [-0.4, -0.2) is 137 Å². The van der Waals surface area contributed by atoms with Crippen LogP contribution in [-0.2, 0) is 67.3 Å². The predicted octanol–water partition coefficient (Wildman–Crippen LogP) is -3.38. The number of carbonyl (C=O) groups is 6. The fourth-order valence-electron chi connectivity index (χ4n) is 6.18. The van der Waals surface area contributed by atoms with Gasteiger partial charge in [0.1, 0.15) is 30.2 Å². The Bertz CT molecular complexity index is 2280. The summed E-state index contributed by atoms with van der Waals surface area (Å²) < 4.78 is 0. The van der Waals surface area contributed by atoms with Crippen molar-refractivity contribution in [3.8, 4) is 0 Å². The highest BCUT2D eigenvalue weighted by Gasteiger charge is 2.34. The average molecular weight is 841 g/mol. The van der Waals surface area contributed by atoms with Gasteiger partial charge in [-0.3, -0.25) is 24.0 Å². The molecule has 6 heterocycles. The van der Waals surface area contributed by atoms with Gasteiger partial charge in [0.05, 0.1) is 78.2 Å². The molecule has 61 heavy (non-hydrogen) atoms. The highest BCUT2D eigenvalue weighted by Crippen LogP contribution is 2.09. The van der Waals surface area contributed by atoms with Crippen molar-refractivity contribution >= 4 is 35.5 Å². The third-order valence-electron chi connectivity index (χ3n) is 9.31. The van der Waals surface area contributed by atoms with Crippen molar-refractivity contribution in [2.24, 2.45) is 5.73 Å². The van der Waals surface area contributed by atoms with Crippen LogP contribution in [0.1, 0.15) is 34.2 Å². The number of hydrogen-bond donors (Lipinski definition) is 13. The summed E-state index contributed by atoms with van der Waals surface area (Å²) in [5.41, 5.74) is 8.60. The number of nitrogens with two attached hydrogens (primary N) is 1. The number of imidazole rings is 6. The standard InChI is InChI=1S/C36H44N18O7/c37-25(1-19-7-38-13-44-19)31(55)50-26(2-20-8-39-14-45-20)32(56)51-27(3-21-9-40-15-46-21)33(57)52-28(4-22-10-41-16-47-22)34(58)53-29(5-23-11-42-17-48-23)35(59)54-30(36(60)61)6-24-12-43-18-49-24/h7-18,25-30H,1-6,37H2,(H,38,44)(H,39,45)(H,40,46)(H,41,47)(H,42,48)(H,43,49)(H,50,55)(H,51,56)(H,52,57)(H,53,58)(H,54,59)(H,60,61). The summed E-state index contributed by atoms with van der Waals surface area (Å²) in [5.74, 6) is -5.28. The monoisotopic (exact) mass is 840 g/mol. The fourth-order valence-corrected chi connectivity index (χ4v) is 6.18. The smallest absolute Gasteiger partial charge is 0.326 e. The number of hydrogen-bond acceptors (Lipinski definition) is 13. The quantitative estimate of drug-likeness (QED) is 0.0300. The zero-order chi connectivity index (χ0) is 43.1. The molecule has 6 unspecified atom stereocenters. The molecular formula is C36H44N18O7. The Kier molecular flexibility index (Phi) is 14.4. The Hall–Kier alpha value is -7.96. The van der Waals surface area contributed by atoms with Crippen LogP contribution in [0.4, 0.5) is 0 Å². The number of rotatable bonds is 23. The van der Waals surface area contributed by atoms with E-state index in [4.69, 9.17) is 5.73 Å². The zero-order valence-electron chi connectivity index (χ0n) is 32.3. The van der Waals surface area contributed by atoms with Gasteiger partial charge in [0.25, 0.3) is 0 Å². The van der Waals surface area contributed by atoms with Crippen molar-refractivity contribution in [3.63, 3.8) is 0 Å². The van der Waals surface area contributed by atoms with Gasteiger partial charge in [0, 0.05) is 75.7 Å². The molecule has 0 aliphatic carbocycles. The summed E-state index contributed by atoms with van der Waals surface area (Å²) in [5, 5.41) is 23.0. The molecule has 25 nitrogen and oxygen atoms in total. The van der Waals surface area contributed by atoms with Crippen LogP contribution in [0, 0.1) is 0 Å². The molecule has 25 heteroatoms. The van der Waals surface area contributed by atoms with Crippen molar-refractivity contribution in [1.82, 2.24) is 86.4 Å². The molecule has 0 aliphatic heterocycles. The number of aromatic amines is 6. The maximum atomic E-state index is 14.3. The van der Waals surface area contributed by atoms with E-state index in [1.54, 1.807) is 12.4 Å². The van der Waals surface area contributed by atoms with Gasteiger partial charge in [0.15, 0.2) is 0 Å². The number of carboxylic acid groups (broad SMARTS) is 1. The van der Waals surface area contributed by atoms with Crippen LogP contribution >= 0.6 is 0 Å². The minimum absolute atomic E-state index is 0.0745.